The van der Waals surface area contributed by atoms with Gasteiger partial charge in [0.25, 0.3) is 6.01 Å². The molecule has 0 atom stereocenters. The Hall–Kier alpha value is -2.33. The Morgan fingerprint density at radius 2 is 1.81 bits per heavy atom. The summed E-state index contributed by atoms with van der Waals surface area (Å²) in [7, 11) is 2.03. The lowest BCUT2D eigenvalue weighted by molar-refractivity contribution is 0.199. The minimum atomic E-state index is 0.701. The summed E-state index contributed by atoms with van der Waals surface area (Å²) in [4.78, 5) is 7.06. The molecule has 0 bridgehead atoms. The van der Waals surface area contributed by atoms with Crippen LogP contribution in [-0.2, 0) is 7.05 Å². The molecular formula is C22H27N3O. The molecule has 26 heavy (non-hydrogen) atoms. The SMILES string of the molecule is Cn1c(-c2cccc3ccccc23)cnc1OCCCN1CCCCC1. The molecule has 4 heteroatoms. The van der Waals surface area contributed by atoms with Crippen molar-refractivity contribution in [1.82, 2.24) is 14.5 Å². The predicted octanol–water partition coefficient (Wildman–Crippen LogP) is 4.50. The molecule has 0 N–H and O–H groups in total. The van der Waals surface area contributed by atoms with Crippen molar-refractivity contribution >= 4 is 10.8 Å². The van der Waals surface area contributed by atoms with E-state index in [-0.39, 0.29) is 0 Å². The van der Waals surface area contributed by atoms with Gasteiger partial charge in [-0.1, -0.05) is 48.9 Å². The van der Waals surface area contributed by atoms with Gasteiger partial charge >= 0.3 is 0 Å². The Bertz CT molecular complexity index is 859. The van der Waals surface area contributed by atoms with Crippen LogP contribution in [0.1, 0.15) is 25.7 Å². The summed E-state index contributed by atoms with van der Waals surface area (Å²) in [5, 5.41) is 2.49. The zero-order chi connectivity index (χ0) is 17.8. The van der Waals surface area contributed by atoms with E-state index in [1.165, 1.54) is 48.7 Å². The fourth-order valence-electron chi connectivity index (χ4n) is 3.86. The van der Waals surface area contributed by atoms with Crippen LogP contribution < -0.4 is 4.74 Å². The van der Waals surface area contributed by atoms with Crippen LogP contribution in [0, 0.1) is 0 Å². The Kier molecular flexibility index (Phi) is 5.21. The van der Waals surface area contributed by atoms with Crippen molar-refractivity contribution in [2.45, 2.75) is 25.7 Å². The summed E-state index contributed by atoms with van der Waals surface area (Å²) in [5.41, 5.74) is 2.29. The van der Waals surface area contributed by atoms with Crippen LogP contribution in [-0.4, -0.2) is 40.7 Å². The zero-order valence-corrected chi connectivity index (χ0v) is 15.5. The van der Waals surface area contributed by atoms with E-state index in [1.54, 1.807) is 0 Å². The largest absolute Gasteiger partial charge is 0.465 e. The number of ether oxygens (including phenoxy) is 1. The minimum absolute atomic E-state index is 0.701. The van der Waals surface area contributed by atoms with Crippen LogP contribution in [0.5, 0.6) is 6.01 Å². The van der Waals surface area contributed by atoms with E-state index in [9.17, 15) is 0 Å². The first-order chi connectivity index (χ1) is 12.8. The summed E-state index contributed by atoms with van der Waals surface area (Å²) in [6.07, 6.45) is 7.04. The normalized spacial score (nSPS) is 15.4. The van der Waals surface area contributed by atoms with Gasteiger partial charge in [-0.2, -0.15) is 0 Å². The van der Waals surface area contributed by atoms with Crippen molar-refractivity contribution in [2.75, 3.05) is 26.2 Å². The second-order valence-corrected chi connectivity index (χ2v) is 7.12. The second-order valence-electron chi connectivity index (χ2n) is 7.12. The van der Waals surface area contributed by atoms with Gasteiger partial charge in [0.1, 0.15) is 0 Å². The number of fused-ring (bicyclic) bond motifs is 1. The van der Waals surface area contributed by atoms with Crippen molar-refractivity contribution < 1.29 is 4.74 Å². The number of nitrogens with zero attached hydrogens (tertiary/aromatic N) is 3. The van der Waals surface area contributed by atoms with E-state index in [4.69, 9.17) is 4.74 Å². The van der Waals surface area contributed by atoms with Gasteiger partial charge in [0.15, 0.2) is 0 Å². The van der Waals surface area contributed by atoms with Crippen molar-refractivity contribution in [3.63, 3.8) is 0 Å². The van der Waals surface area contributed by atoms with Gasteiger partial charge < -0.3 is 9.64 Å². The van der Waals surface area contributed by atoms with Crippen molar-refractivity contribution in [3.8, 4) is 17.3 Å². The summed E-state index contributed by atoms with van der Waals surface area (Å²) < 4.78 is 8.03. The lowest BCUT2D eigenvalue weighted by atomic mass is 10.0. The first kappa shape index (κ1) is 17.1. The average molecular weight is 349 g/mol. The number of rotatable bonds is 6. The van der Waals surface area contributed by atoms with Gasteiger partial charge in [-0.05, 0) is 43.1 Å². The smallest absolute Gasteiger partial charge is 0.296 e. The third kappa shape index (κ3) is 3.61. The number of aromatic nitrogens is 2. The third-order valence-electron chi connectivity index (χ3n) is 5.31. The van der Waals surface area contributed by atoms with Crippen LogP contribution in [0.15, 0.2) is 48.7 Å². The number of imidazole rings is 1. The monoisotopic (exact) mass is 349 g/mol. The topological polar surface area (TPSA) is 30.3 Å². The van der Waals surface area contributed by atoms with Crippen molar-refractivity contribution in [2.24, 2.45) is 7.05 Å². The quantitative estimate of drug-likeness (QED) is 0.614. The maximum absolute atomic E-state index is 5.97. The predicted molar refractivity (Wildman–Crippen MR) is 107 cm³/mol. The highest BCUT2D eigenvalue weighted by molar-refractivity contribution is 5.95. The molecular weight excluding hydrogens is 322 g/mol. The standard InChI is InChI=1S/C22H27N3O/c1-24-21(20-12-7-10-18-9-3-4-11-19(18)20)17-23-22(24)26-16-8-15-25-13-5-2-6-14-25/h3-4,7,9-12,17H,2,5-6,8,13-16H2,1H3. The molecule has 4 rings (SSSR count). The first-order valence-corrected chi connectivity index (χ1v) is 9.68. The Morgan fingerprint density at radius 1 is 1.00 bits per heavy atom. The molecule has 0 spiro atoms. The van der Waals surface area contributed by atoms with E-state index in [1.807, 2.05) is 13.2 Å². The molecule has 1 aromatic heterocycles. The molecule has 136 valence electrons. The Morgan fingerprint density at radius 3 is 2.69 bits per heavy atom. The fraction of sp³-hybridized carbons (Fsp3) is 0.409. The van der Waals surface area contributed by atoms with E-state index in [0.29, 0.717) is 6.01 Å². The molecule has 0 saturated carbocycles. The summed E-state index contributed by atoms with van der Waals surface area (Å²) in [6, 6.07) is 15.6. The maximum Gasteiger partial charge on any atom is 0.296 e. The molecule has 0 unspecified atom stereocenters. The lowest BCUT2D eigenvalue weighted by Gasteiger charge is -2.26. The van der Waals surface area contributed by atoms with Crippen LogP contribution in [0.3, 0.4) is 0 Å². The summed E-state index contributed by atoms with van der Waals surface area (Å²) in [6.45, 7) is 4.33. The maximum atomic E-state index is 5.97. The summed E-state index contributed by atoms with van der Waals surface area (Å²) in [5.74, 6) is 0. The molecule has 4 nitrogen and oxygen atoms in total. The van der Waals surface area contributed by atoms with Gasteiger partial charge in [-0.3, -0.25) is 4.57 Å². The molecule has 3 aromatic rings. The molecule has 2 aromatic carbocycles. The van der Waals surface area contributed by atoms with Crippen LogP contribution >= 0.6 is 0 Å². The number of hydrogen-bond donors (Lipinski definition) is 0. The van der Waals surface area contributed by atoms with E-state index >= 15 is 0 Å². The number of hydrogen-bond acceptors (Lipinski definition) is 3. The summed E-state index contributed by atoms with van der Waals surface area (Å²) >= 11 is 0. The number of piperidine rings is 1. The molecule has 0 aliphatic carbocycles. The molecule has 0 radical (unpaired) electrons. The highest BCUT2D eigenvalue weighted by atomic mass is 16.5. The molecule has 1 aliphatic rings. The highest BCUT2D eigenvalue weighted by Crippen LogP contribution is 2.30. The first-order valence-electron chi connectivity index (χ1n) is 9.68. The number of likely N-dealkylation sites (tertiary alicyclic amines) is 1. The zero-order valence-electron chi connectivity index (χ0n) is 15.5. The van der Waals surface area contributed by atoms with Crippen molar-refractivity contribution in [1.29, 1.82) is 0 Å². The molecule has 1 aliphatic heterocycles. The second kappa shape index (κ2) is 7.92. The van der Waals surface area contributed by atoms with Crippen molar-refractivity contribution in [3.05, 3.63) is 48.7 Å². The van der Waals surface area contributed by atoms with Gasteiger partial charge in [0, 0.05) is 19.2 Å². The number of benzene rings is 2. The van der Waals surface area contributed by atoms with Gasteiger partial charge in [-0.15, -0.1) is 0 Å². The minimum Gasteiger partial charge on any atom is -0.465 e. The van der Waals surface area contributed by atoms with Gasteiger partial charge in [-0.25, -0.2) is 4.98 Å². The average Bonchev–Trinajstić information content (AvgIpc) is 3.06. The highest BCUT2D eigenvalue weighted by Gasteiger charge is 2.13. The van der Waals surface area contributed by atoms with Crippen LogP contribution in [0.4, 0.5) is 0 Å². The fourth-order valence-corrected chi connectivity index (χ4v) is 3.86. The Labute approximate surface area is 155 Å². The molecule has 1 fully saturated rings. The Balaban J connectivity index is 1.43. The van der Waals surface area contributed by atoms with Crippen LogP contribution in [0.25, 0.3) is 22.0 Å². The van der Waals surface area contributed by atoms with Gasteiger partial charge in [0.05, 0.1) is 18.5 Å². The van der Waals surface area contributed by atoms with Crippen LogP contribution in [0.2, 0.25) is 0 Å². The van der Waals surface area contributed by atoms with E-state index in [2.05, 4.69) is 56.9 Å². The lowest BCUT2D eigenvalue weighted by Crippen LogP contribution is -2.31. The van der Waals surface area contributed by atoms with E-state index < -0.39 is 0 Å². The third-order valence-corrected chi connectivity index (χ3v) is 5.31. The molecule has 1 saturated heterocycles. The molecule has 2 heterocycles. The van der Waals surface area contributed by atoms with Gasteiger partial charge in [0.2, 0.25) is 0 Å². The molecule has 0 amide bonds. The van der Waals surface area contributed by atoms with E-state index in [0.717, 1.165) is 25.3 Å².